The van der Waals surface area contributed by atoms with Gasteiger partial charge in [0.2, 0.25) is 5.91 Å². The fourth-order valence-corrected chi connectivity index (χ4v) is 4.62. The van der Waals surface area contributed by atoms with Crippen molar-refractivity contribution in [3.05, 3.63) is 66.7 Å². The number of likely N-dealkylation sites (tertiary alicyclic amines) is 1. The minimum Gasteiger partial charge on any atom is -0.486 e. The van der Waals surface area contributed by atoms with Gasteiger partial charge in [-0.3, -0.25) is 29.4 Å². The number of hydrogen-bond donors (Lipinski definition) is 2. The van der Waals surface area contributed by atoms with Crippen molar-refractivity contribution < 1.29 is 9.53 Å². The van der Waals surface area contributed by atoms with Crippen molar-refractivity contribution in [2.24, 2.45) is 5.73 Å². The summed E-state index contributed by atoms with van der Waals surface area (Å²) in [4.78, 5) is 22.0. The van der Waals surface area contributed by atoms with Crippen molar-refractivity contribution in [3.63, 3.8) is 0 Å². The zero-order valence-corrected chi connectivity index (χ0v) is 19.1. The lowest BCUT2D eigenvalue weighted by Gasteiger charge is -2.38. The summed E-state index contributed by atoms with van der Waals surface area (Å²) >= 11 is 0. The maximum absolute atomic E-state index is 11.1. The van der Waals surface area contributed by atoms with E-state index < -0.39 is 0 Å². The Hall–Kier alpha value is -4.31. The number of nitrogens with two attached hydrogens (primary N) is 1. The molecule has 1 unspecified atom stereocenters. The monoisotopic (exact) mass is 468 g/mol. The lowest BCUT2D eigenvalue weighted by molar-refractivity contribution is -0.120. The molecule has 3 N–H and O–H groups in total. The molecule has 4 heterocycles. The van der Waals surface area contributed by atoms with Crippen LogP contribution in [-0.2, 0) is 4.79 Å². The van der Waals surface area contributed by atoms with Gasteiger partial charge in [-0.05, 0) is 31.2 Å². The summed E-state index contributed by atoms with van der Waals surface area (Å²) in [5.74, 6) is 0.426. The zero-order chi connectivity index (χ0) is 23.9. The molecule has 0 spiro atoms. The molecule has 176 valence electrons. The highest BCUT2D eigenvalue weighted by molar-refractivity contribution is 5.93. The molecule has 1 fully saturated rings. The van der Waals surface area contributed by atoms with Crippen molar-refractivity contribution in [2.75, 3.05) is 19.6 Å². The number of fused-ring (bicyclic) bond motifs is 2. The summed E-state index contributed by atoms with van der Waals surface area (Å²) in [6.07, 6.45) is 6.98. The molecule has 1 atom stereocenters. The largest absolute Gasteiger partial charge is 0.486 e. The Labute approximate surface area is 200 Å². The molecule has 6 rings (SSSR count). The van der Waals surface area contributed by atoms with Crippen molar-refractivity contribution in [3.8, 4) is 17.0 Å². The number of para-hydroxylation sites is 1. The molecule has 1 saturated heterocycles. The highest BCUT2D eigenvalue weighted by Crippen LogP contribution is 2.32. The van der Waals surface area contributed by atoms with E-state index in [1.165, 1.54) is 0 Å². The van der Waals surface area contributed by atoms with Crippen molar-refractivity contribution in [2.45, 2.75) is 19.1 Å². The first-order valence-corrected chi connectivity index (χ1v) is 11.4. The van der Waals surface area contributed by atoms with Crippen LogP contribution in [0.5, 0.6) is 5.75 Å². The van der Waals surface area contributed by atoms with Gasteiger partial charge in [0.1, 0.15) is 17.5 Å². The first-order chi connectivity index (χ1) is 17.0. The molecule has 10 heteroatoms. The predicted molar refractivity (Wildman–Crippen MR) is 131 cm³/mol. The summed E-state index contributed by atoms with van der Waals surface area (Å²) < 4.78 is 8.24. The molecule has 1 aliphatic rings. The van der Waals surface area contributed by atoms with Gasteiger partial charge in [0.15, 0.2) is 0 Å². The van der Waals surface area contributed by atoms with E-state index in [1.807, 2.05) is 65.3 Å². The third-order valence-corrected chi connectivity index (χ3v) is 6.38. The molecular formula is C25H24N8O2. The number of rotatable bonds is 7. The quantitative estimate of drug-likeness (QED) is 0.376. The molecule has 5 aromatic rings. The minimum atomic E-state index is -0.312. The number of carbonyl (C=O) groups is 1. The van der Waals surface area contributed by atoms with Crippen LogP contribution in [0.4, 0.5) is 0 Å². The van der Waals surface area contributed by atoms with Gasteiger partial charge in [0, 0.05) is 48.2 Å². The lowest BCUT2D eigenvalue weighted by atomic mass is 10.1. The van der Waals surface area contributed by atoms with E-state index in [0.29, 0.717) is 0 Å². The maximum Gasteiger partial charge on any atom is 0.231 e. The average molecular weight is 469 g/mol. The highest BCUT2D eigenvalue weighted by atomic mass is 16.5. The van der Waals surface area contributed by atoms with Crippen LogP contribution in [0.1, 0.15) is 24.6 Å². The van der Waals surface area contributed by atoms with Crippen LogP contribution in [0.2, 0.25) is 0 Å². The normalized spacial score (nSPS) is 15.3. The number of nitrogens with one attached hydrogen (secondary N) is 1. The van der Waals surface area contributed by atoms with Crippen LogP contribution in [0.25, 0.3) is 33.2 Å². The fraction of sp³-hybridized carbons (Fsp3) is 0.240. The Morgan fingerprint density at radius 1 is 1.23 bits per heavy atom. The molecule has 35 heavy (non-hydrogen) atoms. The molecule has 1 amide bonds. The van der Waals surface area contributed by atoms with E-state index in [4.69, 9.17) is 10.5 Å². The van der Waals surface area contributed by atoms with Crippen LogP contribution < -0.4 is 10.5 Å². The molecule has 0 saturated carbocycles. The Morgan fingerprint density at radius 2 is 2.09 bits per heavy atom. The topological polar surface area (TPSA) is 128 Å². The summed E-state index contributed by atoms with van der Waals surface area (Å²) in [6.45, 7) is 3.79. The SMILES string of the molecule is CC(Oc1ccc2[nH]nc(-c3cnn(C4CN(CC(N)=O)C4)c3)c2c1)c1cccc2nccnc12. The van der Waals surface area contributed by atoms with Crippen molar-refractivity contribution >= 4 is 27.8 Å². The van der Waals surface area contributed by atoms with Crippen LogP contribution in [0, 0.1) is 0 Å². The van der Waals surface area contributed by atoms with E-state index in [0.717, 1.165) is 57.6 Å². The van der Waals surface area contributed by atoms with Gasteiger partial charge in [-0.15, -0.1) is 0 Å². The van der Waals surface area contributed by atoms with Crippen LogP contribution in [0.15, 0.2) is 61.2 Å². The Bertz CT molecular complexity index is 1530. The average Bonchev–Trinajstić information content (AvgIpc) is 3.47. The number of primary amides is 1. The number of amides is 1. The molecule has 0 aliphatic carbocycles. The second-order valence-electron chi connectivity index (χ2n) is 8.83. The first kappa shape index (κ1) is 21.2. The van der Waals surface area contributed by atoms with Gasteiger partial charge in [0.05, 0.1) is 35.3 Å². The molecule has 2 aromatic carbocycles. The summed E-state index contributed by atoms with van der Waals surface area (Å²) in [7, 11) is 0. The zero-order valence-electron chi connectivity index (χ0n) is 19.1. The summed E-state index contributed by atoms with van der Waals surface area (Å²) in [6, 6.07) is 12.0. The summed E-state index contributed by atoms with van der Waals surface area (Å²) in [5.41, 5.74) is 10.6. The van der Waals surface area contributed by atoms with E-state index in [9.17, 15) is 4.79 Å². The van der Waals surface area contributed by atoms with E-state index in [2.05, 4.69) is 25.3 Å². The summed E-state index contributed by atoms with van der Waals surface area (Å²) in [5, 5.41) is 13.1. The molecule has 0 bridgehead atoms. The predicted octanol–water partition coefficient (Wildman–Crippen LogP) is 2.85. The Morgan fingerprint density at radius 3 is 2.94 bits per heavy atom. The second kappa shape index (κ2) is 8.48. The van der Waals surface area contributed by atoms with Crippen LogP contribution >= 0.6 is 0 Å². The number of benzene rings is 2. The van der Waals surface area contributed by atoms with E-state index >= 15 is 0 Å². The van der Waals surface area contributed by atoms with Crippen LogP contribution in [0.3, 0.4) is 0 Å². The highest BCUT2D eigenvalue weighted by Gasteiger charge is 2.29. The first-order valence-electron chi connectivity index (χ1n) is 11.4. The van der Waals surface area contributed by atoms with Crippen LogP contribution in [-0.4, -0.2) is 60.4 Å². The number of aromatic amines is 1. The fourth-order valence-electron chi connectivity index (χ4n) is 4.62. The van der Waals surface area contributed by atoms with Gasteiger partial charge < -0.3 is 10.5 Å². The number of nitrogens with zero attached hydrogens (tertiary/aromatic N) is 6. The van der Waals surface area contributed by atoms with Gasteiger partial charge in [-0.25, -0.2) is 0 Å². The second-order valence-corrected chi connectivity index (χ2v) is 8.83. The Balaban J connectivity index is 1.24. The number of ether oxygens (including phenoxy) is 1. The lowest BCUT2D eigenvalue weighted by Crippen LogP contribution is -2.50. The molecule has 1 aliphatic heterocycles. The smallest absolute Gasteiger partial charge is 0.231 e. The molecular weight excluding hydrogens is 444 g/mol. The molecule has 3 aromatic heterocycles. The van der Waals surface area contributed by atoms with E-state index in [1.54, 1.807) is 12.4 Å². The number of H-pyrrole nitrogens is 1. The van der Waals surface area contributed by atoms with E-state index in [-0.39, 0.29) is 24.6 Å². The Kier molecular flexibility index (Phi) is 5.14. The standard InChI is InChI=1S/C25H24N8O2/c1-15(19-3-2-4-22-25(19)28-8-7-27-22)35-18-5-6-21-20(9-18)24(31-30-21)16-10-29-33(11-16)17-12-32(13-17)14-23(26)34/h2-11,15,17H,12-14H2,1H3,(H2,26,34)(H,30,31). The van der Waals surface area contributed by atoms with Gasteiger partial charge in [0.25, 0.3) is 0 Å². The molecule has 0 radical (unpaired) electrons. The molecule has 10 nitrogen and oxygen atoms in total. The minimum absolute atomic E-state index is 0.215. The number of carbonyl (C=O) groups excluding carboxylic acids is 1. The number of hydrogen-bond acceptors (Lipinski definition) is 7. The maximum atomic E-state index is 11.1. The van der Waals surface area contributed by atoms with Gasteiger partial charge >= 0.3 is 0 Å². The number of aromatic nitrogens is 6. The third kappa shape index (κ3) is 3.97. The third-order valence-electron chi connectivity index (χ3n) is 6.38. The van der Waals surface area contributed by atoms with Crippen molar-refractivity contribution in [1.82, 2.24) is 34.8 Å². The van der Waals surface area contributed by atoms with Crippen molar-refractivity contribution in [1.29, 1.82) is 0 Å². The van der Waals surface area contributed by atoms with Gasteiger partial charge in [-0.1, -0.05) is 12.1 Å². The van der Waals surface area contributed by atoms with Gasteiger partial charge in [-0.2, -0.15) is 10.2 Å².